The summed E-state index contributed by atoms with van der Waals surface area (Å²) < 4.78 is 48.3. The van der Waals surface area contributed by atoms with Gasteiger partial charge in [0.05, 0.1) is 11.1 Å². The number of halogens is 1. The van der Waals surface area contributed by atoms with Crippen LogP contribution in [-0.4, -0.2) is 49.1 Å². The summed E-state index contributed by atoms with van der Waals surface area (Å²) in [5, 5.41) is 0. The van der Waals surface area contributed by atoms with Crippen LogP contribution in [0.25, 0.3) is 0 Å². The Balaban J connectivity index is 0.000000208. The molecule has 6 nitrogen and oxygen atoms in total. The summed E-state index contributed by atoms with van der Waals surface area (Å²) in [6.07, 6.45) is 3.26. The van der Waals surface area contributed by atoms with Crippen LogP contribution in [0.1, 0.15) is 24.5 Å². The van der Waals surface area contributed by atoms with Crippen molar-refractivity contribution in [2.75, 3.05) is 20.2 Å². The molecular weight excluding hydrogens is 371 g/mol. The molecule has 1 aliphatic heterocycles. The maximum Gasteiger partial charge on any atom is 0.294 e. The Kier molecular flexibility index (Phi) is 7.29. The highest BCUT2D eigenvalue weighted by Crippen LogP contribution is 2.18. The van der Waals surface area contributed by atoms with Gasteiger partial charge in [-0.15, -0.1) is 0 Å². The van der Waals surface area contributed by atoms with E-state index in [1.807, 2.05) is 13.8 Å². The molecule has 0 saturated carbocycles. The van der Waals surface area contributed by atoms with Crippen molar-refractivity contribution in [2.24, 2.45) is 0 Å². The Morgan fingerprint density at radius 2 is 2.00 bits per heavy atom. The molecule has 0 radical (unpaired) electrons. The number of aromatic nitrogens is 1. The molecule has 27 heavy (non-hydrogen) atoms. The van der Waals surface area contributed by atoms with Gasteiger partial charge in [0, 0.05) is 11.6 Å². The zero-order valence-electron chi connectivity index (χ0n) is 15.7. The van der Waals surface area contributed by atoms with Crippen LogP contribution in [0.3, 0.4) is 0 Å². The van der Waals surface area contributed by atoms with E-state index in [-0.39, 0.29) is 4.90 Å². The molecule has 0 spiro atoms. The third kappa shape index (κ3) is 6.27. The van der Waals surface area contributed by atoms with Gasteiger partial charge in [-0.25, -0.2) is 4.98 Å². The molecular formula is C19H25FN2O4S. The van der Waals surface area contributed by atoms with Crippen molar-refractivity contribution in [3.63, 3.8) is 0 Å². The molecule has 1 N–H and O–H groups in total. The van der Waals surface area contributed by atoms with Gasteiger partial charge >= 0.3 is 0 Å². The number of ether oxygens (including phenoxy) is 1. The van der Waals surface area contributed by atoms with E-state index in [0.717, 1.165) is 12.1 Å². The van der Waals surface area contributed by atoms with Gasteiger partial charge in [-0.2, -0.15) is 12.8 Å². The van der Waals surface area contributed by atoms with E-state index in [9.17, 15) is 12.8 Å². The van der Waals surface area contributed by atoms with E-state index in [4.69, 9.17) is 9.29 Å². The number of hydrogen-bond acceptors (Lipinski definition) is 5. The van der Waals surface area contributed by atoms with Crippen LogP contribution in [0.4, 0.5) is 4.39 Å². The van der Waals surface area contributed by atoms with Crippen molar-refractivity contribution in [2.45, 2.75) is 37.6 Å². The second-order valence-electron chi connectivity index (χ2n) is 6.50. The van der Waals surface area contributed by atoms with Gasteiger partial charge in [-0.3, -0.25) is 9.45 Å². The largest absolute Gasteiger partial charge is 0.490 e. The number of benzene rings is 1. The molecule has 0 aliphatic carbocycles. The lowest BCUT2D eigenvalue weighted by atomic mass is 10.1. The third-order valence-corrected chi connectivity index (χ3v) is 5.33. The van der Waals surface area contributed by atoms with Gasteiger partial charge in [0.1, 0.15) is 12.4 Å². The van der Waals surface area contributed by atoms with E-state index in [1.54, 1.807) is 18.2 Å². The van der Waals surface area contributed by atoms with Crippen LogP contribution in [0, 0.1) is 12.9 Å². The van der Waals surface area contributed by atoms with Gasteiger partial charge < -0.3 is 4.74 Å². The van der Waals surface area contributed by atoms with E-state index >= 15 is 0 Å². The second kappa shape index (κ2) is 9.25. The lowest BCUT2D eigenvalue weighted by Gasteiger charge is -2.37. The zero-order chi connectivity index (χ0) is 20.0. The zero-order valence-corrected chi connectivity index (χ0v) is 16.5. The lowest BCUT2D eigenvalue weighted by molar-refractivity contribution is 0.0766. The number of hydrogen-bond donors (Lipinski definition) is 1. The Labute approximate surface area is 159 Å². The van der Waals surface area contributed by atoms with Crippen LogP contribution in [0.2, 0.25) is 0 Å². The quantitative estimate of drug-likeness (QED) is 0.618. The monoisotopic (exact) mass is 396 g/mol. The average molecular weight is 396 g/mol. The summed E-state index contributed by atoms with van der Waals surface area (Å²) in [5.74, 6) is 0.272. The fourth-order valence-corrected chi connectivity index (χ4v) is 2.96. The number of likely N-dealkylation sites (N-methyl/N-ethyl adjacent to an activating group) is 1. The number of likely N-dealkylation sites (tertiary alicyclic amines) is 1. The SMILES string of the molecule is CCc1cc(OC[C@@H]2CCN2C)cnc1F.Cc1ccc(S(=O)(=O)O)cc1. The summed E-state index contributed by atoms with van der Waals surface area (Å²) in [5.41, 5.74) is 1.57. The first-order chi connectivity index (χ1) is 12.7. The van der Waals surface area contributed by atoms with Gasteiger partial charge in [0.2, 0.25) is 5.95 Å². The summed E-state index contributed by atoms with van der Waals surface area (Å²) in [6.45, 7) is 5.54. The molecule has 1 fully saturated rings. The molecule has 2 heterocycles. The first-order valence-corrected chi connectivity index (χ1v) is 10.2. The highest BCUT2D eigenvalue weighted by atomic mass is 32.2. The van der Waals surface area contributed by atoms with Crippen molar-refractivity contribution in [3.8, 4) is 5.75 Å². The van der Waals surface area contributed by atoms with Crippen molar-refractivity contribution >= 4 is 10.1 Å². The van der Waals surface area contributed by atoms with Gasteiger partial charge in [-0.05, 0) is 51.6 Å². The van der Waals surface area contributed by atoms with E-state index < -0.39 is 16.1 Å². The van der Waals surface area contributed by atoms with E-state index in [0.29, 0.717) is 30.4 Å². The number of pyridine rings is 1. The van der Waals surface area contributed by atoms with Gasteiger partial charge in [0.25, 0.3) is 10.1 Å². The molecule has 0 unspecified atom stereocenters. The predicted molar refractivity (Wildman–Crippen MR) is 101 cm³/mol. The lowest BCUT2D eigenvalue weighted by Crippen LogP contribution is -2.48. The predicted octanol–water partition coefficient (Wildman–Crippen LogP) is 3.11. The highest BCUT2D eigenvalue weighted by molar-refractivity contribution is 7.85. The summed E-state index contributed by atoms with van der Waals surface area (Å²) in [4.78, 5) is 5.87. The Morgan fingerprint density at radius 1 is 1.33 bits per heavy atom. The normalized spacial score (nSPS) is 16.9. The topological polar surface area (TPSA) is 79.7 Å². The van der Waals surface area contributed by atoms with Crippen LogP contribution in [0.5, 0.6) is 5.75 Å². The highest BCUT2D eigenvalue weighted by Gasteiger charge is 2.24. The minimum Gasteiger partial charge on any atom is -0.490 e. The summed E-state index contributed by atoms with van der Waals surface area (Å²) in [6, 6.07) is 8.22. The van der Waals surface area contributed by atoms with Gasteiger partial charge in [0.15, 0.2) is 0 Å². The van der Waals surface area contributed by atoms with Crippen molar-refractivity contribution in [1.29, 1.82) is 0 Å². The van der Waals surface area contributed by atoms with E-state index in [1.165, 1.54) is 24.8 Å². The molecule has 0 bridgehead atoms. The maximum atomic E-state index is 13.1. The molecule has 2 aromatic rings. The molecule has 8 heteroatoms. The van der Waals surface area contributed by atoms with Crippen LogP contribution in [0.15, 0.2) is 41.4 Å². The van der Waals surface area contributed by atoms with Crippen molar-refractivity contribution < 1.29 is 22.1 Å². The molecule has 0 amide bonds. The second-order valence-corrected chi connectivity index (χ2v) is 7.92. The minimum absolute atomic E-state index is 0.0666. The number of rotatable bonds is 5. The van der Waals surface area contributed by atoms with E-state index in [2.05, 4.69) is 16.9 Å². The molecule has 1 aromatic carbocycles. The Bertz CT molecular complexity index is 857. The standard InChI is InChI=1S/C12H17FN2O.C7H8O3S/c1-3-9-6-11(7-14-12(9)13)16-8-10-4-5-15(10)2;1-6-2-4-7(5-3-6)11(8,9)10/h6-7,10H,3-5,8H2,1-2H3;2-5H,1H3,(H,8,9,10)/t10-;/m0./s1. The van der Waals surface area contributed by atoms with Crippen molar-refractivity contribution in [3.05, 3.63) is 53.6 Å². The van der Waals surface area contributed by atoms with Crippen LogP contribution < -0.4 is 4.74 Å². The summed E-state index contributed by atoms with van der Waals surface area (Å²) in [7, 11) is -1.94. The van der Waals surface area contributed by atoms with Crippen molar-refractivity contribution in [1.82, 2.24) is 9.88 Å². The maximum absolute atomic E-state index is 13.1. The fourth-order valence-electron chi connectivity index (χ4n) is 2.48. The Morgan fingerprint density at radius 3 is 2.48 bits per heavy atom. The average Bonchev–Trinajstić information content (AvgIpc) is 2.62. The molecule has 1 saturated heterocycles. The molecule has 1 atom stereocenters. The first-order valence-electron chi connectivity index (χ1n) is 8.72. The van der Waals surface area contributed by atoms with Crippen LogP contribution in [-0.2, 0) is 16.5 Å². The molecule has 3 rings (SSSR count). The summed E-state index contributed by atoms with van der Waals surface area (Å²) >= 11 is 0. The third-order valence-electron chi connectivity index (χ3n) is 4.47. The van der Waals surface area contributed by atoms with Gasteiger partial charge in [-0.1, -0.05) is 24.6 Å². The molecule has 1 aromatic heterocycles. The smallest absolute Gasteiger partial charge is 0.294 e. The minimum atomic E-state index is -4.02. The first kappa shape index (κ1) is 21.3. The Hall–Kier alpha value is -2.03. The van der Waals surface area contributed by atoms with Crippen LogP contribution >= 0.6 is 0 Å². The number of nitrogens with zero attached hydrogens (tertiary/aromatic N) is 2. The number of aryl methyl sites for hydroxylation is 2. The molecule has 1 aliphatic rings. The fraction of sp³-hybridized carbons (Fsp3) is 0.421. The molecule has 148 valence electrons.